The quantitative estimate of drug-likeness (QED) is 0.746. The Bertz CT molecular complexity index is 215. The molecule has 0 aliphatic heterocycles. The van der Waals surface area contributed by atoms with Gasteiger partial charge in [0.05, 0.1) is 0 Å². The number of hydrogen-bond acceptors (Lipinski definition) is 3. The summed E-state index contributed by atoms with van der Waals surface area (Å²) in [5.74, 6) is -0.209. The zero-order chi connectivity index (χ0) is 14.5. The maximum atomic E-state index is 10.4. The zero-order valence-corrected chi connectivity index (χ0v) is 13.1. The molecule has 0 heterocycles. The zero-order valence-electron chi connectivity index (χ0n) is 13.1. The third kappa shape index (κ3) is 11.0. The first-order valence-corrected chi connectivity index (χ1v) is 7.81. The second kappa shape index (κ2) is 12.4. The highest BCUT2D eigenvalue weighted by Crippen LogP contribution is 2.16. The molecule has 0 aromatic heterocycles. The fraction of sp³-hybridized carbons (Fsp3) is 0.933. The van der Waals surface area contributed by atoms with Crippen LogP contribution in [0.5, 0.6) is 0 Å². The predicted molar refractivity (Wildman–Crippen MR) is 82.1 cm³/mol. The topological polar surface area (TPSA) is 58.4 Å². The highest BCUT2D eigenvalue weighted by Gasteiger charge is 2.09. The SMILES string of the molecule is CCCN(CC)CCC(N)=O.CNC1CCCCC1. The first-order valence-electron chi connectivity index (χ1n) is 7.81. The average molecular weight is 271 g/mol. The monoisotopic (exact) mass is 271 g/mol. The second-order valence-electron chi connectivity index (χ2n) is 5.27. The Morgan fingerprint density at radius 1 is 1.21 bits per heavy atom. The van der Waals surface area contributed by atoms with Gasteiger partial charge in [-0.15, -0.1) is 0 Å². The standard InChI is InChI=1S/C8H18N2O.C7H15N/c1-3-6-10(4-2)7-5-8(9)11;1-8-7-5-3-2-4-6-7/h3-7H2,1-2H3,(H2,9,11);7-8H,2-6H2,1H3. The minimum absolute atomic E-state index is 0.209. The van der Waals surface area contributed by atoms with Crippen molar-refractivity contribution in [3.05, 3.63) is 0 Å². The van der Waals surface area contributed by atoms with Crippen LogP contribution in [0.1, 0.15) is 58.8 Å². The minimum Gasteiger partial charge on any atom is -0.370 e. The summed E-state index contributed by atoms with van der Waals surface area (Å²) in [6, 6.07) is 0.837. The van der Waals surface area contributed by atoms with Gasteiger partial charge in [0, 0.05) is 19.0 Å². The van der Waals surface area contributed by atoms with Crippen LogP contribution in [0.4, 0.5) is 0 Å². The number of carbonyl (C=O) groups excluding carboxylic acids is 1. The molecule has 19 heavy (non-hydrogen) atoms. The van der Waals surface area contributed by atoms with E-state index in [4.69, 9.17) is 5.73 Å². The smallest absolute Gasteiger partial charge is 0.218 e. The maximum absolute atomic E-state index is 10.4. The Balaban J connectivity index is 0.000000356. The Morgan fingerprint density at radius 3 is 2.21 bits per heavy atom. The van der Waals surface area contributed by atoms with Crippen LogP contribution in [-0.4, -0.2) is 43.5 Å². The Morgan fingerprint density at radius 2 is 1.84 bits per heavy atom. The van der Waals surface area contributed by atoms with E-state index in [0.717, 1.165) is 32.1 Å². The van der Waals surface area contributed by atoms with Gasteiger partial charge in [0.15, 0.2) is 0 Å². The summed E-state index contributed by atoms with van der Waals surface area (Å²) in [5, 5.41) is 3.30. The Hall–Kier alpha value is -0.610. The molecule has 0 unspecified atom stereocenters. The van der Waals surface area contributed by atoms with E-state index in [2.05, 4.69) is 31.1 Å². The molecule has 4 nitrogen and oxygen atoms in total. The van der Waals surface area contributed by atoms with E-state index in [1.54, 1.807) is 0 Å². The van der Waals surface area contributed by atoms with E-state index < -0.39 is 0 Å². The van der Waals surface area contributed by atoms with E-state index in [1.807, 2.05) is 0 Å². The lowest BCUT2D eigenvalue weighted by Crippen LogP contribution is -2.28. The first kappa shape index (κ1) is 18.4. The summed E-state index contributed by atoms with van der Waals surface area (Å²) >= 11 is 0. The minimum atomic E-state index is -0.209. The van der Waals surface area contributed by atoms with Crippen molar-refractivity contribution in [2.75, 3.05) is 26.7 Å². The van der Waals surface area contributed by atoms with Crippen LogP contribution in [0.25, 0.3) is 0 Å². The third-order valence-electron chi connectivity index (χ3n) is 3.67. The molecular weight excluding hydrogens is 238 g/mol. The average Bonchev–Trinajstić information content (AvgIpc) is 2.45. The van der Waals surface area contributed by atoms with Gasteiger partial charge in [-0.2, -0.15) is 0 Å². The lowest BCUT2D eigenvalue weighted by molar-refractivity contribution is -0.118. The highest BCUT2D eigenvalue weighted by atomic mass is 16.1. The van der Waals surface area contributed by atoms with Crippen molar-refractivity contribution in [3.63, 3.8) is 0 Å². The van der Waals surface area contributed by atoms with Crippen molar-refractivity contribution in [2.45, 2.75) is 64.8 Å². The van der Waals surface area contributed by atoms with Crippen LogP contribution in [0.3, 0.4) is 0 Å². The fourth-order valence-electron chi connectivity index (χ4n) is 2.40. The lowest BCUT2D eigenvalue weighted by Gasteiger charge is -2.20. The van der Waals surface area contributed by atoms with Crippen molar-refractivity contribution in [2.24, 2.45) is 5.73 Å². The van der Waals surface area contributed by atoms with Crippen molar-refractivity contribution in [3.8, 4) is 0 Å². The molecule has 0 saturated heterocycles. The molecule has 0 atom stereocenters. The van der Waals surface area contributed by atoms with Crippen LogP contribution in [0.2, 0.25) is 0 Å². The molecular formula is C15H33N3O. The van der Waals surface area contributed by atoms with Crippen molar-refractivity contribution in [1.29, 1.82) is 0 Å². The lowest BCUT2D eigenvalue weighted by atomic mass is 9.96. The molecule has 1 saturated carbocycles. The number of carbonyl (C=O) groups is 1. The summed E-state index contributed by atoms with van der Waals surface area (Å²) in [6.45, 7) is 7.09. The van der Waals surface area contributed by atoms with E-state index in [0.29, 0.717) is 6.42 Å². The summed E-state index contributed by atoms with van der Waals surface area (Å²) in [6.07, 6.45) is 8.74. The molecule has 1 rings (SSSR count). The molecule has 0 spiro atoms. The number of nitrogens with zero attached hydrogens (tertiary/aromatic N) is 1. The predicted octanol–water partition coefficient (Wildman–Crippen LogP) is 2.13. The van der Waals surface area contributed by atoms with Gasteiger partial charge < -0.3 is 16.0 Å². The van der Waals surface area contributed by atoms with Crippen molar-refractivity contribution >= 4 is 5.91 Å². The number of nitrogens with two attached hydrogens (primary N) is 1. The van der Waals surface area contributed by atoms with E-state index in [9.17, 15) is 4.79 Å². The number of amides is 1. The van der Waals surface area contributed by atoms with Crippen LogP contribution in [0.15, 0.2) is 0 Å². The Labute approximate surface area is 119 Å². The summed E-state index contributed by atoms with van der Waals surface area (Å²) in [4.78, 5) is 12.6. The van der Waals surface area contributed by atoms with E-state index in [-0.39, 0.29) is 5.91 Å². The molecule has 1 aliphatic carbocycles. The highest BCUT2D eigenvalue weighted by molar-refractivity contribution is 5.73. The Kier molecular flexibility index (Phi) is 12.0. The fourth-order valence-corrected chi connectivity index (χ4v) is 2.40. The van der Waals surface area contributed by atoms with E-state index >= 15 is 0 Å². The molecule has 4 heteroatoms. The molecule has 1 fully saturated rings. The molecule has 3 N–H and O–H groups in total. The van der Waals surface area contributed by atoms with Gasteiger partial charge in [-0.3, -0.25) is 4.79 Å². The van der Waals surface area contributed by atoms with Crippen LogP contribution in [0, 0.1) is 0 Å². The van der Waals surface area contributed by atoms with Crippen LogP contribution < -0.4 is 11.1 Å². The van der Waals surface area contributed by atoms with Gasteiger partial charge in [-0.1, -0.05) is 33.1 Å². The van der Waals surface area contributed by atoms with Gasteiger partial charge >= 0.3 is 0 Å². The van der Waals surface area contributed by atoms with Crippen LogP contribution in [-0.2, 0) is 4.79 Å². The number of hydrogen-bond donors (Lipinski definition) is 2. The second-order valence-corrected chi connectivity index (χ2v) is 5.27. The molecule has 0 bridgehead atoms. The normalized spacial score (nSPS) is 16.0. The third-order valence-corrected chi connectivity index (χ3v) is 3.67. The molecule has 114 valence electrons. The summed E-state index contributed by atoms with van der Waals surface area (Å²) in [5.41, 5.74) is 5.03. The molecule has 1 amide bonds. The first-order chi connectivity index (χ1) is 9.13. The van der Waals surface area contributed by atoms with Crippen molar-refractivity contribution in [1.82, 2.24) is 10.2 Å². The number of primary amides is 1. The van der Waals surface area contributed by atoms with Gasteiger partial charge in [0.25, 0.3) is 0 Å². The van der Waals surface area contributed by atoms with Gasteiger partial charge in [-0.05, 0) is 39.4 Å². The van der Waals surface area contributed by atoms with Gasteiger partial charge in [0.2, 0.25) is 5.91 Å². The molecule has 0 aromatic carbocycles. The maximum Gasteiger partial charge on any atom is 0.218 e. The number of rotatable bonds is 7. The molecule has 0 aromatic rings. The molecule has 0 radical (unpaired) electrons. The van der Waals surface area contributed by atoms with Gasteiger partial charge in [0.1, 0.15) is 0 Å². The largest absolute Gasteiger partial charge is 0.370 e. The summed E-state index contributed by atoms with van der Waals surface area (Å²) in [7, 11) is 2.07. The van der Waals surface area contributed by atoms with E-state index in [1.165, 1.54) is 32.1 Å². The summed E-state index contributed by atoms with van der Waals surface area (Å²) < 4.78 is 0. The number of nitrogens with one attached hydrogen (secondary N) is 1. The van der Waals surface area contributed by atoms with Crippen LogP contribution >= 0.6 is 0 Å². The molecule has 1 aliphatic rings. The van der Waals surface area contributed by atoms with Gasteiger partial charge in [-0.25, -0.2) is 0 Å². The van der Waals surface area contributed by atoms with Crippen molar-refractivity contribution < 1.29 is 4.79 Å².